The third-order valence-corrected chi connectivity index (χ3v) is 6.71. The quantitative estimate of drug-likeness (QED) is 0.360. The molecule has 30 heavy (non-hydrogen) atoms. The smallest absolute Gasteiger partial charge is 0.158 e. The van der Waals surface area contributed by atoms with Crippen molar-refractivity contribution in [2.45, 2.75) is 53.4 Å². The lowest BCUT2D eigenvalue weighted by Crippen LogP contribution is -2.05. The first-order valence-electron chi connectivity index (χ1n) is 10.1. The van der Waals surface area contributed by atoms with Crippen LogP contribution in [-0.4, -0.2) is 19.6 Å². The van der Waals surface area contributed by atoms with Gasteiger partial charge in [0.05, 0.1) is 22.0 Å². The molecule has 4 aromatic rings. The molecule has 0 amide bonds. The van der Waals surface area contributed by atoms with Gasteiger partial charge in [0.25, 0.3) is 0 Å². The average molecular weight is 427 g/mol. The second-order valence-corrected chi connectivity index (χ2v) is 8.59. The Morgan fingerprint density at radius 2 is 1.73 bits per heavy atom. The van der Waals surface area contributed by atoms with Gasteiger partial charge in [-0.05, 0) is 57.7 Å². The van der Waals surface area contributed by atoms with Crippen molar-refractivity contribution in [1.82, 2.24) is 19.6 Å². The fraction of sp³-hybridized carbons (Fsp3) is 0.348. The second kappa shape index (κ2) is 7.87. The number of hydrogen-bond donors (Lipinski definition) is 0. The number of benzene rings is 1. The number of hydrogen-bond acceptors (Lipinski definition) is 4. The Kier molecular flexibility index (Phi) is 5.40. The molecule has 0 bridgehead atoms. The molecule has 0 saturated carbocycles. The minimum absolute atomic E-state index is 0.295. The number of nitrogens with zero attached hydrogens (tertiary/aromatic N) is 4. The SMILES string of the molecule is CCC(CC)c1cc(C)nn2c(-c3sc(-c4ccc(F)cc4F)nc3C)c(C)nc12. The van der Waals surface area contributed by atoms with Gasteiger partial charge < -0.3 is 0 Å². The summed E-state index contributed by atoms with van der Waals surface area (Å²) < 4.78 is 29.5. The largest absolute Gasteiger partial charge is 0.241 e. The van der Waals surface area contributed by atoms with E-state index in [1.807, 2.05) is 25.3 Å². The predicted molar refractivity (Wildman–Crippen MR) is 117 cm³/mol. The van der Waals surface area contributed by atoms with Crippen LogP contribution in [0.2, 0.25) is 0 Å². The van der Waals surface area contributed by atoms with Crippen LogP contribution in [0.25, 0.3) is 26.8 Å². The molecule has 156 valence electrons. The minimum Gasteiger partial charge on any atom is -0.241 e. The van der Waals surface area contributed by atoms with Crippen molar-refractivity contribution in [2.75, 3.05) is 0 Å². The molecule has 3 aromatic heterocycles. The van der Waals surface area contributed by atoms with Crippen molar-refractivity contribution >= 4 is 17.0 Å². The van der Waals surface area contributed by atoms with E-state index in [1.54, 1.807) is 0 Å². The summed E-state index contributed by atoms with van der Waals surface area (Å²) in [6.07, 6.45) is 2.06. The zero-order valence-electron chi connectivity index (χ0n) is 17.8. The van der Waals surface area contributed by atoms with E-state index in [-0.39, 0.29) is 0 Å². The zero-order chi connectivity index (χ0) is 21.6. The van der Waals surface area contributed by atoms with Crippen LogP contribution in [0.5, 0.6) is 0 Å². The van der Waals surface area contributed by atoms with Crippen LogP contribution in [0, 0.1) is 32.4 Å². The number of aryl methyl sites for hydroxylation is 3. The normalized spacial score (nSPS) is 11.7. The first-order chi connectivity index (χ1) is 14.3. The monoisotopic (exact) mass is 426 g/mol. The average Bonchev–Trinajstić information content (AvgIpc) is 3.21. The van der Waals surface area contributed by atoms with Gasteiger partial charge >= 0.3 is 0 Å². The molecule has 0 saturated heterocycles. The molecule has 0 aliphatic heterocycles. The summed E-state index contributed by atoms with van der Waals surface area (Å²) in [7, 11) is 0. The van der Waals surface area contributed by atoms with Crippen LogP contribution in [0.4, 0.5) is 8.78 Å². The highest BCUT2D eigenvalue weighted by atomic mass is 32.1. The zero-order valence-corrected chi connectivity index (χ0v) is 18.6. The lowest BCUT2D eigenvalue weighted by Gasteiger charge is -2.14. The number of halogens is 2. The number of rotatable bonds is 5. The molecular weight excluding hydrogens is 402 g/mol. The Bertz CT molecular complexity index is 1240. The molecular formula is C23H24F2N4S. The van der Waals surface area contributed by atoms with Crippen LogP contribution >= 0.6 is 11.3 Å². The van der Waals surface area contributed by atoms with Crippen molar-refractivity contribution in [2.24, 2.45) is 0 Å². The molecule has 3 heterocycles. The summed E-state index contributed by atoms with van der Waals surface area (Å²) in [5, 5.41) is 5.26. The lowest BCUT2D eigenvalue weighted by molar-refractivity contribution is 0.585. The highest BCUT2D eigenvalue weighted by molar-refractivity contribution is 7.18. The maximum absolute atomic E-state index is 14.3. The summed E-state index contributed by atoms with van der Waals surface area (Å²) in [5.41, 5.74) is 5.80. The van der Waals surface area contributed by atoms with Gasteiger partial charge in [0.2, 0.25) is 0 Å². The first kappa shape index (κ1) is 20.6. The van der Waals surface area contributed by atoms with Crippen LogP contribution in [0.15, 0.2) is 24.3 Å². The molecule has 0 aliphatic rings. The van der Waals surface area contributed by atoms with Gasteiger partial charge in [-0.2, -0.15) is 5.10 Å². The Balaban J connectivity index is 1.92. The highest BCUT2D eigenvalue weighted by Gasteiger charge is 2.23. The molecule has 4 nitrogen and oxygen atoms in total. The third-order valence-electron chi connectivity index (χ3n) is 5.51. The molecule has 0 fully saturated rings. The summed E-state index contributed by atoms with van der Waals surface area (Å²) in [4.78, 5) is 10.3. The van der Waals surface area contributed by atoms with E-state index in [0.29, 0.717) is 16.5 Å². The first-order valence-corrected chi connectivity index (χ1v) is 11.0. The van der Waals surface area contributed by atoms with Crippen LogP contribution in [-0.2, 0) is 0 Å². The number of aromatic nitrogens is 4. The maximum Gasteiger partial charge on any atom is 0.158 e. The predicted octanol–water partition coefficient (Wildman–Crippen LogP) is 6.63. The van der Waals surface area contributed by atoms with Crippen molar-refractivity contribution in [3.05, 3.63) is 58.5 Å². The fourth-order valence-corrected chi connectivity index (χ4v) is 5.14. The molecule has 0 atom stereocenters. The Morgan fingerprint density at radius 3 is 2.40 bits per heavy atom. The molecule has 0 aliphatic carbocycles. The van der Waals surface area contributed by atoms with Gasteiger partial charge in [0.1, 0.15) is 22.3 Å². The van der Waals surface area contributed by atoms with Crippen molar-refractivity contribution in [1.29, 1.82) is 0 Å². The molecule has 4 rings (SSSR count). The Hall–Kier alpha value is -2.67. The van der Waals surface area contributed by atoms with Gasteiger partial charge in [-0.1, -0.05) is 13.8 Å². The van der Waals surface area contributed by atoms with Gasteiger partial charge in [-0.15, -0.1) is 11.3 Å². The van der Waals surface area contributed by atoms with Crippen LogP contribution in [0.1, 0.15) is 55.3 Å². The fourth-order valence-electron chi connectivity index (χ4n) is 3.96. The van der Waals surface area contributed by atoms with E-state index in [2.05, 4.69) is 24.9 Å². The number of imidazole rings is 1. The summed E-state index contributed by atoms with van der Waals surface area (Å²) >= 11 is 1.38. The number of fused-ring (bicyclic) bond motifs is 1. The third kappa shape index (κ3) is 3.41. The highest BCUT2D eigenvalue weighted by Crippen LogP contribution is 2.39. The van der Waals surface area contributed by atoms with Gasteiger partial charge in [-0.3, -0.25) is 0 Å². The number of thiazole rings is 1. The molecule has 0 spiro atoms. The minimum atomic E-state index is -0.616. The van der Waals surface area contributed by atoms with Gasteiger partial charge in [0, 0.05) is 17.2 Å². The van der Waals surface area contributed by atoms with Crippen LogP contribution < -0.4 is 0 Å². The lowest BCUT2D eigenvalue weighted by atomic mass is 9.95. The molecule has 0 unspecified atom stereocenters. The summed E-state index contributed by atoms with van der Waals surface area (Å²) in [6, 6.07) is 5.70. The van der Waals surface area contributed by atoms with Crippen molar-refractivity contribution < 1.29 is 8.78 Å². The molecule has 0 radical (unpaired) electrons. The Labute approximate surface area is 178 Å². The summed E-state index contributed by atoms with van der Waals surface area (Å²) in [6.45, 7) is 10.2. The van der Waals surface area contributed by atoms with E-state index in [9.17, 15) is 8.78 Å². The van der Waals surface area contributed by atoms with Crippen molar-refractivity contribution in [3.8, 4) is 21.1 Å². The molecule has 0 N–H and O–H groups in total. The van der Waals surface area contributed by atoms with E-state index in [0.717, 1.165) is 52.2 Å². The molecule has 1 aromatic carbocycles. The maximum atomic E-state index is 14.3. The standard InChI is InChI=1S/C23H24F2N4S/c1-6-15(7-2)18-10-12(3)28-29-20(13(4)26-22(18)29)21-14(5)27-23(30-21)17-9-8-16(24)11-19(17)25/h8-11,15H,6-7H2,1-5H3. The van der Waals surface area contributed by atoms with Gasteiger partial charge in [-0.25, -0.2) is 23.3 Å². The second-order valence-electron chi connectivity index (χ2n) is 7.59. The topological polar surface area (TPSA) is 43.1 Å². The van der Waals surface area contributed by atoms with Gasteiger partial charge in [0.15, 0.2) is 5.65 Å². The van der Waals surface area contributed by atoms with E-state index < -0.39 is 11.6 Å². The van der Waals surface area contributed by atoms with E-state index >= 15 is 0 Å². The Morgan fingerprint density at radius 1 is 1.00 bits per heavy atom. The summed E-state index contributed by atoms with van der Waals surface area (Å²) in [5.74, 6) is -0.804. The van der Waals surface area contributed by atoms with E-state index in [1.165, 1.54) is 29.0 Å². The van der Waals surface area contributed by atoms with Crippen molar-refractivity contribution in [3.63, 3.8) is 0 Å². The molecule has 7 heteroatoms. The van der Waals surface area contributed by atoms with Crippen LogP contribution in [0.3, 0.4) is 0 Å². The van der Waals surface area contributed by atoms with E-state index in [4.69, 9.17) is 10.1 Å².